The van der Waals surface area contributed by atoms with Gasteiger partial charge in [-0.3, -0.25) is 4.79 Å². The minimum atomic E-state index is -0.102. The number of aromatic nitrogens is 1. The Hall–Kier alpha value is -3.08. The molecule has 0 bridgehead atoms. The van der Waals surface area contributed by atoms with Crippen LogP contribution in [0.4, 0.5) is 5.69 Å². The van der Waals surface area contributed by atoms with E-state index >= 15 is 0 Å². The van der Waals surface area contributed by atoms with Crippen LogP contribution in [0.5, 0.6) is 5.75 Å². The highest BCUT2D eigenvalue weighted by atomic mass is 16.5. The second-order valence-electron chi connectivity index (χ2n) is 5.04. The molecule has 1 amide bonds. The summed E-state index contributed by atoms with van der Waals surface area (Å²) in [5.41, 5.74) is 2.43. The van der Waals surface area contributed by atoms with Gasteiger partial charge in [-0.1, -0.05) is 35.5 Å². The van der Waals surface area contributed by atoms with E-state index in [2.05, 4.69) is 10.5 Å². The van der Waals surface area contributed by atoms with Crippen LogP contribution in [0.1, 0.15) is 12.6 Å². The topological polar surface area (TPSA) is 64.4 Å². The van der Waals surface area contributed by atoms with Gasteiger partial charge in [-0.25, -0.2) is 0 Å². The molecule has 1 heterocycles. The first kappa shape index (κ1) is 14.8. The fraction of sp³-hybridized carbons (Fsp3) is 0.111. The molecule has 3 rings (SSSR count). The molecule has 0 atom stereocenters. The van der Waals surface area contributed by atoms with Gasteiger partial charge in [0.25, 0.3) is 0 Å². The first-order chi connectivity index (χ1) is 11.2. The third-order valence-corrected chi connectivity index (χ3v) is 3.18. The molecule has 0 spiro atoms. The zero-order valence-electron chi connectivity index (χ0n) is 12.7. The summed E-state index contributed by atoms with van der Waals surface area (Å²) in [7, 11) is 0. The van der Waals surface area contributed by atoms with Crippen LogP contribution in [-0.2, 0) is 11.4 Å². The molecule has 116 valence electrons. The molecule has 0 saturated heterocycles. The second-order valence-corrected chi connectivity index (χ2v) is 5.04. The molecule has 0 aliphatic heterocycles. The summed E-state index contributed by atoms with van der Waals surface area (Å²) in [5.74, 6) is 1.31. The van der Waals surface area contributed by atoms with Crippen molar-refractivity contribution < 1.29 is 14.1 Å². The molecule has 0 aliphatic rings. The van der Waals surface area contributed by atoms with Gasteiger partial charge in [-0.05, 0) is 24.3 Å². The summed E-state index contributed by atoms with van der Waals surface area (Å²) in [6.45, 7) is 1.79. The predicted molar refractivity (Wildman–Crippen MR) is 87.0 cm³/mol. The van der Waals surface area contributed by atoms with Gasteiger partial charge in [0, 0.05) is 24.2 Å². The van der Waals surface area contributed by atoms with E-state index in [4.69, 9.17) is 9.26 Å². The van der Waals surface area contributed by atoms with Gasteiger partial charge in [-0.2, -0.15) is 0 Å². The molecule has 2 aromatic carbocycles. The van der Waals surface area contributed by atoms with Crippen molar-refractivity contribution in [2.24, 2.45) is 0 Å². The van der Waals surface area contributed by atoms with E-state index < -0.39 is 0 Å². The van der Waals surface area contributed by atoms with Crippen molar-refractivity contribution >= 4 is 11.6 Å². The number of nitrogens with zero attached hydrogens (tertiary/aromatic N) is 1. The number of benzene rings is 2. The van der Waals surface area contributed by atoms with Crippen LogP contribution in [-0.4, -0.2) is 11.1 Å². The number of amides is 1. The average molecular weight is 308 g/mol. The fourth-order valence-electron chi connectivity index (χ4n) is 2.11. The van der Waals surface area contributed by atoms with Gasteiger partial charge in [0.1, 0.15) is 18.1 Å². The minimum absolute atomic E-state index is 0.102. The molecular formula is C18H16N2O3. The maximum absolute atomic E-state index is 11.0. The molecule has 0 radical (unpaired) electrons. The molecule has 3 aromatic rings. The number of hydrogen-bond acceptors (Lipinski definition) is 4. The maximum Gasteiger partial charge on any atom is 0.221 e. The smallest absolute Gasteiger partial charge is 0.221 e. The van der Waals surface area contributed by atoms with Crippen molar-refractivity contribution in [1.29, 1.82) is 0 Å². The van der Waals surface area contributed by atoms with Crippen LogP contribution in [0.15, 0.2) is 65.2 Å². The molecule has 0 saturated carbocycles. The Labute approximate surface area is 133 Å². The van der Waals surface area contributed by atoms with Crippen LogP contribution < -0.4 is 10.1 Å². The van der Waals surface area contributed by atoms with E-state index in [1.54, 1.807) is 24.3 Å². The third-order valence-electron chi connectivity index (χ3n) is 3.18. The highest BCUT2D eigenvalue weighted by Gasteiger charge is 2.07. The summed E-state index contributed by atoms with van der Waals surface area (Å²) < 4.78 is 11.0. The molecule has 1 aromatic heterocycles. The van der Waals surface area contributed by atoms with Crippen molar-refractivity contribution in [1.82, 2.24) is 5.16 Å². The Morgan fingerprint density at radius 1 is 1.13 bits per heavy atom. The summed E-state index contributed by atoms with van der Waals surface area (Å²) >= 11 is 0. The van der Waals surface area contributed by atoms with Crippen molar-refractivity contribution in [3.8, 4) is 17.1 Å². The lowest BCUT2D eigenvalue weighted by molar-refractivity contribution is -0.114. The number of nitrogens with one attached hydrogen (secondary N) is 1. The van der Waals surface area contributed by atoms with E-state index in [-0.39, 0.29) is 5.91 Å². The highest BCUT2D eigenvalue weighted by molar-refractivity contribution is 5.88. The molecule has 23 heavy (non-hydrogen) atoms. The van der Waals surface area contributed by atoms with Crippen molar-refractivity contribution in [3.05, 3.63) is 66.4 Å². The van der Waals surface area contributed by atoms with E-state index in [9.17, 15) is 4.79 Å². The number of carbonyl (C=O) groups excluding carboxylic acids is 1. The highest BCUT2D eigenvalue weighted by Crippen LogP contribution is 2.21. The molecule has 5 nitrogen and oxygen atoms in total. The van der Waals surface area contributed by atoms with E-state index in [0.717, 1.165) is 16.9 Å². The maximum atomic E-state index is 11.0. The summed E-state index contributed by atoms with van der Waals surface area (Å²) in [6, 6.07) is 18.8. The summed E-state index contributed by atoms with van der Waals surface area (Å²) in [4.78, 5) is 11.0. The van der Waals surface area contributed by atoms with Gasteiger partial charge in [0.15, 0.2) is 5.76 Å². The van der Waals surface area contributed by atoms with Gasteiger partial charge >= 0.3 is 0 Å². The fourth-order valence-corrected chi connectivity index (χ4v) is 2.11. The van der Waals surface area contributed by atoms with Crippen molar-refractivity contribution in [3.63, 3.8) is 0 Å². The first-order valence-corrected chi connectivity index (χ1v) is 7.22. The van der Waals surface area contributed by atoms with Crippen LogP contribution in [0.3, 0.4) is 0 Å². The third kappa shape index (κ3) is 3.97. The van der Waals surface area contributed by atoms with Gasteiger partial charge in [-0.15, -0.1) is 0 Å². The van der Waals surface area contributed by atoms with Gasteiger partial charge < -0.3 is 14.6 Å². The van der Waals surface area contributed by atoms with Gasteiger partial charge in [0.2, 0.25) is 5.91 Å². The molecular weight excluding hydrogens is 292 g/mol. The number of carbonyl (C=O) groups is 1. The van der Waals surface area contributed by atoms with E-state index in [0.29, 0.717) is 18.1 Å². The van der Waals surface area contributed by atoms with E-state index in [1.165, 1.54) is 6.92 Å². The number of rotatable bonds is 5. The van der Waals surface area contributed by atoms with Gasteiger partial charge in [0.05, 0.1) is 0 Å². The molecule has 5 heteroatoms. The second kappa shape index (κ2) is 6.79. The first-order valence-electron chi connectivity index (χ1n) is 7.22. The summed E-state index contributed by atoms with van der Waals surface area (Å²) in [5, 5.41) is 6.71. The van der Waals surface area contributed by atoms with Crippen molar-refractivity contribution in [2.45, 2.75) is 13.5 Å². The monoisotopic (exact) mass is 308 g/mol. The Kier molecular flexibility index (Phi) is 4.38. The zero-order valence-corrected chi connectivity index (χ0v) is 12.7. The molecule has 1 N–H and O–H groups in total. The minimum Gasteiger partial charge on any atom is -0.487 e. The molecule has 0 fully saturated rings. The Bertz CT molecular complexity index is 780. The lowest BCUT2D eigenvalue weighted by Crippen LogP contribution is -2.05. The lowest BCUT2D eigenvalue weighted by Gasteiger charge is -2.05. The normalized spacial score (nSPS) is 10.3. The standard InChI is InChI=1S/C18H16N2O3/c1-13(21)19-15-7-9-17(10-8-15)22-12-16-11-18(23-20-16)14-5-3-2-4-6-14/h2-11H,12H2,1H3,(H,19,21). The van der Waals surface area contributed by atoms with Crippen LogP contribution in [0.2, 0.25) is 0 Å². The Morgan fingerprint density at radius 2 is 1.87 bits per heavy atom. The predicted octanol–water partition coefficient (Wildman–Crippen LogP) is 3.88. The molecule has 0 unspecified atom stereocenters. The Morgan fingerprint density at radius 3 is 2.57 bits per heavy atom. The number of anilines is 1. The lowest BCUT2D eigenvalue weighted by atomic mass is 10.2. The molecule has 0 aliphatic carbocycles. The quantitative estimate of drug-likeness (QED) is 0.777. The number of hydrogen-bond donors (Lipinski definition) is 1. The van der Waals surface area contributed by atoms with E-state index in [1.807, 2.05) is 36.4 Å². The zero-order chi connectivity index (χ0) is 16.1. The average Bonchev–Trinajstić information content (AvgIpc) is 3.04. The van der Waals surface area contributed by atoms with Crippen LogP contribution >= 0.6 is 0 Å². The SMILES string of the molecule is CC(=O)Nc1ccc(OCc2cc(-c3ccccc3)on2)cc1. The van der Waals surface area contributed by atoms with Crippen LogP contribution in [0.25, 0.3) is 11.3 Å². The number of ether oxygens (including phenoxy) is 1. The largest absolute Gasteiger partial charge is 0.487 e. The van der Waals surface area contributed by atoms with Crippen LogP contribution in [0, 0.1) is 0 Å². The van der Waals surface area contributed by atoms with Crippen molar-refractivity contribution in [2.75, 3.05) is 5.32 Å². The summed E-state index contributed by atoms with van der Waals surface area (Å²) in [6.07, 6.45) is 0. The Balaban J connectivity index is 1.60.